The Morgan fingerprint density at radius 3 is 2.41 bits per heavy atom. The molecule has 0 aromatic heterocycles. The third-order valence-corrected chi connectivity index (χ3v) is 10.7. The molecule has 3 aliphatic carbocycles. The third kappa shape index (κ3) is 3.54. The van der Waals surface area contributed by atoms with Crippen LogP contribution in [0.1, 0.15) is 91.5 Å². The van der Waals surface area contributed by atoms with Crippen molar-refractivity contribution in [3.05, 3.63) is 29.8 Å². The van der Waals surface area contributed by atoms with E-state index in [0.29, 0.717) is 36.1 Å². The summed E-state index contributed by atoms with van der Waals surface area (Å²) in [6, 6.07) is 8.41. The van der Waals surface area contributed by atoms with Gasteiger partial charge in [0, 0.05) is 25.1 Å². The molecule has 34 heavy (non-hydrogen) atoms. The fourth-order valence-corrected chi connectivity index (χ4v) is 8.89. The van der Waals surface area contributed by atoms with Crippen molar-refractivity contribution in [2.45, 2.75) is 97.4 Å². The Labute approximate surface area is 205 Å². The van der Waals surface area contributed by atoms with E-state index < -0.39 is 0 Å². The van der Waals surface area contributed by atoms with Gasteiger partial charge < -0.3 is 9.64 Å². The summed E-state index contributed by atoms with van der Waals surface area (Å²) in [5, 5.41) is 0. The summed E-state index contributed by atoms with van der Waals surface area (Å²) < 4.78 is 6.15. The molecule has 0 bridgehead atoms. The largest absolute Gasteiger partial charge is 0.426 e. The van der Waals surface area contributed by atoms with Crippen molar-refractivity contribution in [3.8, 4) is 5.75 Å². The van der Waals surface area contributed by atoms with Crippen molar-refractivity contribution in [1.29, 1.82) is 0 Å². The first kappa shape index (κ1) is 23.9. The number of ether oxygens (including phenoxy) is 1. The first-order valence-electron chi connectivity index (χ1n) is 13.5. The van der Waals surface area contributed by atoms with E-state index in [9.17, 15) is 9.59 Å². The molecule has 1 saturated heterocycles. The maximum atomic E-state index is 13.6. The smallest absolute Gasteiger partial charge is 0.314 e. The summed E-state index contributed by atoms with van der Waals surface area (Å²) in [7, 11) is 2.02. The fourth-order valence-electron chi connectivity index (χ4n) is 8.89. The van der Waals surface area contributed by atoms with Crippen LogP contribution in [0.2, 0.25) is 0 Å². The molecule has 1 aliphatic heterocycles. The van der Waals surface area contributed by atoms with Gasteiger partial charge in [-0.2, -0.15) is 0 Å². The number of carbonyl (C=O) groups excluding carboxylic acids is 2. The predicted octanol–water partition coefficient (Wildman–Crippen LogP) is 6.37. The van der Waals surface area contributed by atoms with Crippen LogP contribution in [0.4, 0.5) is 0 Å². The van der Waals surface area contributed by atoms with Crippen molar-refractivity contribution in [2.75, 3.05) is 7.05 Å². The highest BCUT2D eigenvalue weighted by Gasteiger charge is 2.62. The average Bonchev–Trinajstić information content (AvgIpc) is 3.13. The SMILES string of the molecule is CN1C(=O)CC[C@]2(C)[C@H]3CC[C@]4(C)[C@@H](C(=O)Oc5ccccc5C(C)(C)C)CC[C@H]4[C@@H]3CC[C@@H]12. The number of hydrogen-bond acceptors (Lipinski definition) is 3. The van der Waals surface area contributed by atoms with Crippen molar-refractivity contribution in [2.24, 2.45) is 34.5 Å². The normalized spacial score (nSPS) is 39.8. The van der Waals surface area contributed by atoms with Gasteiger partial charge in [0.25, 0.3) is 0 Å². The van der Waals surface area contributed by atoms with Crippen LogP contribution in [-0.4, -0.2) is 29.9 Å². The van der Waals surface area contributed by atoms with Crippen molar-refractivity contribution < 1.29 is 14.3 Å². The van der Waals surface area contributed by atoms with Gasteiger partial charge in [0.2, 0.25) is 5.91 Å². The van der Waals surface area contributed by atoms with Crippen molar-refractivity contribution in [1.82, 2.24) is 4.90 Å². The number of piperidine rings is 1. The Morgan fingerprint density at radius 1 is 0.971 bits per heavy atom. The number of esters is 1. The number of rotatable bonds is 2. The molecule has 5 rings (SSSR count). The molecule has 0 N–H and O–H groups in total. The lowest BCUT2D eigenvalue weighted by atomic mass is 9.47. The molecule has 0 spiro atoms. The van der Waals surface area contributed by atoms with Crippen molar-refractivity contribution >= 4 is 11.9 Å². The minimum absolute atomic E-state index is 0.0207. The number of benzene rings is 1. The van der Waals surface area contributed by atoms with E-state index in [4.69, 9.17) is 4.74 Å². The molecule has 186 valence electrons. The maximum Gasteiger partial charge on any atom is 0.314 e. The van der Waals surface area contributed by atoms with Gasteiger partial charge in [0.15, 0.2) is 0 Å². The highest BCUT2D eigenvalue weighted by atomic mass is 16.5. The molecule has 1 heterocycles. The second kappa shape index (κ2) is 8.10. The zero-order valence-corrected chi connectivity index (χ0v) is 22.0. The molecular weight excluding hydrogens is 422 g/mol. The highest BCUT2D eigenvalue weighted by molar-refractivity contribution is 5.78. The summed E-state index contributed by atoms with van der Waals surface area (Å²) in [6.07, 6.45) is 8.37. The fraction of sp³-hybridized carbons (Fsp3) is 0.733. The molecule has 0 radical (unpaired) electrons. The zero-order chi connectivity index (χ0) is 24.5. The molecule has 4 fully saturated rings. The molecule has 1 aromatic rings. The van der Waals surface area contributed by atoms with Crippen LogP contribution < -0.4 is 4.74 Å². The quantitative estimate of drug-likeness (QED) is 0.377. The van der Waals surface area contributed by atoms with Gasteiger partial charge in [-0.05, 0) is 85.0 Å². The third-order valence-electron chi connectivity index (χ3n) is 10.7. The van der Waals surface area contributed by atoms with Crippen LogP contribution >= 0.6 is 0 Å². The van der Waals surface area contributed by atoms with Gasteiger partial charge in [0.05, 0.1) is 5.92 Å². The molecule has 4 aliphatic rings. The van der Waals surface area contributed by atoms with Crippen LogP contribution in [0.3, 0.4) is 0 Å². The molecule has 4 nitrogen and oxygen atoms in total. The van der Waals surface area contributed by atoms with E-state index in [1.807, 2.05) is 25.2 Å². The summed E-state index contributed by atoms with van der Waals surface area (Å²) >= 11 is 0. The van der Waals surface area contributed by atoms with Gasteiger partial charge in [-0.1, -0.05) is 52.8 Å². The maximum absolute atomic E-state index is 13.6. The van der Waals surface area contributed by atoms with Crippen LogP contribution in [0, 0.1) is 34.5 Å². The van der Waals surface area contributed by atoms with Crippen LogP contribution in [0.25, 0.3) is 0 Å². The number of fused-ring (bicyclic) bond motifs is 5. The van der Waals surface area contributed by atoms with E-state index in [1.54, 1.807) is 0 Å². The van der Waals surface area contributed by atoms with Gasteiger partial charge in [-0.3, -0.25) is 9.59 Å². The summed E-state index contributed by atoms with van der Waals surface area (Å²) in [5.74, 6) is 2.92. The number of likely N-dealkylation sites (tertiary alicyclic amines) is 1. The number of para-hydroxylation sites is 1. The number of carbonyl (C=O) groups is 2. The summed E-state index contributed by atoms with van der Waals surface area (Å²) in [4.78, 5) is 28.1. The topological polar surface area (TPSA) is 46.6 Å². The number of amides is 1. The number of hydrogen-bond donors (Lipinski definition) is 0. The number of nitrogens with zero attached hydrogens (tertiary/aromatic N) is 1. The molecule has 7 atom stereocenters. The molecule has 1 amide bonds. The Balaban J connectivity index is 1.36. The monoisotopic (exact) mass is 465 g/mol. The Kier molecular flexibility index (Phi) is 5.69. The minimum atomic E-state index is -0.0698. The first-order chi connectivity index (χ1) is 16.0. The van der Waals surface area contributed by atoms with E-state index in [0.717, 1.165) is 43.4 Å². The lowest BCUT2D eigenvalue weighted by Gasteiger charge is -2.61. The lowest BCUT2D eigenvalue weighted by Crippen LogP contribution is -2.61. The first-order valence-corrected chi connectivity index (χ1v) is 13.5. The molecule has 0 unspecified atom stereocenters. The summed E-state index contributed by atoms with van der Waals surface area (Å²) in [5.41, 5.74) is 1.26. The van der Waals surface area contributed by atoms with Crippen molar-refractivity contribution in [3.63, 3.8) is 0 Å². The molecular formula is C30H43NO3. The van der Waals surface area contributed by atoms with Crippen LogP contribution in [0.15, 0.2) is 24.3 Å². The van der Waals surface area contributed by atoms with Gasteiger partial charge in [0.1, 0.15) is 5.75 Å². The zero-order valence-electron chi connectivity index (χ0n) is 22.0. The van der Waals surface area contributed by atoms with E-state index in [2.05, 4.69) is 45.6 Å². The Hall–Kier alpha value is -1.84. The molecule has 4 heteroatoms. The second-order valence-corrected chi connectivity index (χ2v) is 13.3. The Bertz CT molecular complexity index is 980. The predicted molar refractivity (Wildman–Crippen MR) is 134 cm³/mol. The molecule has 1 aromatic carbocycles. The van der Waals surface area contributed by atoms with E-state index in [-0.39, 0.29) is 28.1 Å². The highest BCUT2D eigenvalue weighted by Crippen LogP contribution is 2.66. The Morgan fingerprint density at radius 2 is 1.68 bits per heavy atom. The van der Waals surface area contributed by atoms with Gasteiger partial charge in [-0.25, -0.2) is 0 Å². The van der Waals surface area contributed by atoms with E-state index in [1.165, 1.54) is 12.8 Å². The van der Waals surface area contributed by atoms with Crippen LogP contribution in [0.5, 0.6) is 5.75 Å². The molecule has 3 saturated carbocycles. The van der Waals surface area contributed by atoms with Gasteiger partial charge >= 0.3 is 5.97 Å². The lowest BCUT2D eigenvalue weighted by molar-refractivity contribution is -0.162. The van der Waals surface area contributed by atoms with E-state index >= 15 is 0 Å². The minimum Gasteiger partial charge on any atom is -0.426 e. The second-order valence-electron chi connectivity index (χ2n) is 13.3. The summed E-state index contributed by atoms with van der Waals surface area (Å²) in [6.45, 7) is 11.3. The average molecular weight is 466 g/mol. The van der Waals surface area contributed by atoms with Gasteiger partial charge in [-0.15, -0.1) is 0 Å². The van der Waals surface area contributed by atoms with Crippen LogP contribution in [-0.2, 0) is 15.0 Å². The standard InChI is InChI=1S/C30H43NO3/c1-28(2,3)22-9-7-8-10-24(22)34-27(33)23-13-12-20-19-11-14-25-30(5,18-16-26(32)31(25)6)21(19)15-17-29(20,23)4/h7-10,19-21,23,25H,11-18H2,1-6H3/t19-,20-,21-,23+,25+,29-,30+/m0/s1.